The van der Waals surface area contributed by atoms with E-state index < -0.39 is 28.0 Å². The van der Waals surface area contributed by atoms with Gasteiger partial charge in [-0.1, -0.05) is 84.9 Å². The third-order valence-electron chi connectivity index (χ3n) is 11.6. The minimum Gasteiger partial charge on any atom is -0.444 e. The first kappa shape index (κ1) is 51.3. The van der Waals surface area contributed by atoms with Crippen molar-refractivity contribution in [3.63, 3.8) is 0 Å². The maximum atomic E-state index is 13.4. The second-order valence-corrected chi connectivity index (χ2v) is 19.3. The third-order valence-corrected chi connectivity index (χ3v) is 11.6. The Bertz CT molecular complexity index is 2740. The van der Waals surface area contributed by atoms with E-state index in [0.29, 0.717) is 37.8 Å². The van der Waals surface area contributed by atoms with Gasteiger partial charge >= 0.3 is 12.2 Å². The Kier molecular flexibility index (Phi) is 17.3. The summed E-state index contributed by atoms with van der Waals surface area (Å²) >= 11 is 0. The van der Waals surface area contributed by atoms with Crippen LogP contribution < -0.4 is 20.9 Å². The van der Waals surface area contributed by atoms with E-state index in [1.54, 1.807) is 12.1 Å². The number of carbonyl (C=O) groups is 2. The highest BCUT2D eigenvalue weighted by molar-refractivity contribution is 5.86. The van der Waals surface area contributed by atoms with Gasteiger partial charge in [-0.3, -0.25) is 20.2 Å². The molecule has 14 nitrogen and oxygen atoms in total. The van der Waals surface area contributed by atoms with E-state index in [1.807, 2.05) is 108 Å². The predicted octanol–water partition coefficient (Wildman–Crippen LogP) is 11.2. The second kappa shape index (κ2) is 23.3. The fraction of sp³-hybridized carbons (Fsp3) is 0.370. The van der Waals surface area contributed by atoms with Crippen LogP contribution in [0.1, 0.15) is 76.6 Å². The van der Waals surface area contributed by atoms with Gasteiger partial charge in [0.25, 0.3) is 11.4 Å². The summed E-state index contributed by atoms with van der Waals surface area (Å²) in [6, 6.07) is 37.6. The molecule has 6 aromatic rings. The molecule has 2 amide bonds. The highest BCUT2D eigenvalue weighted by Crippen LogP contribution is 2.30. The summed E-state index contributed by atoms with van der Waals surface area (Å²) < 4.78 is 23.9. The van der Waals surface area contributed by atoms with Crippen molar-refractivity contribution in [3.8, 4) is 0 Å². The Morgan fingerprint density at radius 2 is 1.12 bits per heavy atom. The summed E-state index contributed by atoms with van der Waals surface area (Å²) in [5, 5.41) is 36.3. The Morgan fingerprint density at radius 1 is 0.638 bits per heavy atom. The number of nitro groups is 2. The number of halogens is 1. The van der Waals surface area contributed by atoms with E-state index in [0.717, 1.165) is 66.1 Å². The smallest absolute Gasteiger partial charge is 0.407 e. The van der Waals surface area contributed by atoms with Gasteiger partial charge in [0.15, 0.2) is 0 Å². The van der Waals surface area contributed by atoms with E-state index in [-0.39, 0.29) is 34.5 Å². The normalized spacial score (nSPS) is 15.6. The SMILES string of the molecule is CC(C)(C)OC(=O)N[C@@H]1CCN(c2ccc([N+](=O)[O-])c(CCc3cccc4ccccc34)c2)C1.CC(C)(C)OC(=O)N[C@@H]1CCNC1.O=[N+]([O-])c1ccc(F)cc1CCc1cccc2ccccc12. The number of ether oxygens (including phenoxy) is 2. The number of carbonyl (C=O) groups excluding carboxylic acids is 2. The van der Waals surface area contributed by atoms with Gasteiger partial charge in [-0.2, -0.15) is 0 Å². The first-order valence-corrected chi connectivity index (χ1v) is 23.4. The van der Waals surface area contributed by atoms with E-state index in [9.17, 15) is 34.2 Å². The van der Waals surface area contributed by atoms with E-state index in [4.69, 9.17) is 9.47 Å². The first-order chi connectivity index (χ1) is 32.8. The van der Waals surface area contributed by atoms with Crippen LogP contribution in [0.3, 0.4) is 0 Å². The number of aryl methyl sites for hydroxylation is 4. The van der Waals surface area contributed by atoms with E-state index >= 15 is 0 Å². The fourth-order valence-corrected chi connectivity index (χ4v) is 8.48. The average molecular weight is 943 g/mol. The van der Waals surface area contributed by atoms with Crippen LogP contribution in [0.2, 0.25) is 0 Å². The largest absolute Gasteiger partial charge is 0.444 e. The number of fused-ring (bicyclic) bond motifs is 2. The minimum absolute atomic E-state index is 0.0239. The molecule has 2 aliphatic heterocycles. The summed E-state index contributed by atoms with van der Waals surface area (Å²) in [7, 11) is 0. The molecule has 0 unspecified atom stereocenters. The van der Waals surface area contributed by atoms with Gasteiger partial charge in [-0.15, -0.1) is 0 Å². The lowest BCUT2D eigenvalue weighted by atomic mass is 9.97. The van der Waals surface area contributed by atoms with Crippen LogP contribution in [0.4, 0.5) is 31.0 Å². The average Bonchev–Trinajstić information content (AvgIpc) is 3.99. The molecular formula is C54H63FN6O8. The lowest BCUT2D eigenvalue weighted by molar-refractivity contribution is -0.385. The molecule has 364 valence electrons. The van der Waals surface area contributed by atoms with Gasteiger partial charge in [0, 0.05) is 54.6 Å². The maximum Gasteiger partial charge on any atom is 0.407 e. The Hall–Kier alpha value is -7.13. The molecule has 3 N–H and O–H groups in total. The third kappa shape index (κ3) is 15.4. The zero-order valence-electron chi connectivity index (χ0n) is 40.3. The summed E-state index contributed by atoms with van der Waals surface area (Å²) in [6.45, 7) is 14.3. The van der Waals surface area contributed by atoms with Crippen molar-refractivity contribution in [2.24, 2.45) is 0 Å². The highest BCUT2D eigenvalue weighted by Gasteiger charge is 2.28. The van der Waals surface area contributed by atoms with Crippen LogP contribution in [0.25, 0.3) is 21.5 Å². The number of hydrogen-bond donors (Lipinski definition) is 3. The lowest BCUT2D eigenvalue weighted by Crippen LogP contribution is -2.40. The van der Waals surface area contributed by atoms with Crippen LogP contribution >= 0.6 is 0 Å². The molecule has 15 heteroatoms. The van der Waals surface area contributed by atoms with Crippen molar-refractivity contribution >= 4 is 50.8 Å². The minimum atomic E-state index is -0.542. The number of benzene rings is 6. The Labute approximate surface area is 402 Å². The zero-order valence-corrected chi connectivity index (χ0v) is 40.3. The zero-order chi connectivity index (χ0) is 49.7. The van der Waals surface area contributed by atoms with Gasteiger partial charge in [-0.05, 0) is 144 Å². The van der Waals surface area contributed by atoms with Crippen LogP contribution in [-0.4, -0.2) is 71.5 Å². The summed E-state index contributed by atoms with van der Waals surface area (Å²) in [5.74, 6) is -0.446. The quantitative estimate of drug-likeness (QED) is 0.0836. The molecule has 2 saturated heterocycles. The molecular weight excluding hydrogens is 880 g/mol. The van der Waals surface area contributed by atoms with Gasteiger partial charge < -0.3 is 30.3 Å². The van der Waals surface area contributed by atoms with Gasteiger partial charge in [0.1, 0.15) is 17.0 Å². The van der Waals surface area contributed by atoms with Crippen LogP contribution in [-0.2, 0) is 35.2 Å². The molecule has 0 bridgehead atoms. The molecule has 6 aromatic carbocycles. The topological polar surface area (TPSA) is 178 Å². The number of nitrogens with one attached hydrogen (secondary N) is 3. The molecule has 8 rings (SSSR count). The molecule has 2 aliphatic rings. The fourth-order valence-electron chi connectivity index (χ4n) is 8.48. The van der Waals surface area contributed by atoms with Crippen LogP contribution in [0.5, 0.6) is 0 Å². The number of nitrogens with zero attached hydrogens (tertiary/aromatic N) is 3. The summed E-state index contributed by atoms with van der Waals surface area (Å²) in [5.41, 5.74) is 3.55. The van der Waals surface area contributed by atoms with Gasteiger partial charge in [0.2, 0.25) is 0 Å². The van der Waals surface area contributed by atoms with Crippen LogP contribution in [0.15, 0.2) is 121 Å². The summed E-state index contributed by atoms with van der Waals surface area (Å²) in [4.78, 5) is 47.5. The maximum absolute atomic E-state index is 13.4. The number of nitro benzene ring substituents is 2. The molecule has 2 heterocycles. The van der Waals surface area contributed by atoms with Crippen molar-refractivity contribution in [1.82, 2.24) is 16.0 Å². The molecule has 0 saturated carbocycles. The van der Waals surface area contributed by atoms with Crippen molar-refractivity contribution < 1.29 is 33.3 Å². The standard InChI is InChI=1S/C27H31N3O4.C18H14FNO2.C9H18N2O2/c1-27(2,3)34-26(31)28-22-15-16-29(18-22)23-13-14-25(30(32)33)21(17-23)12-11-20-9-6-8-19-7-4-5-10-24(19)20;19-16-10-11-18(20(21)22)15(12-16)9-8-14-6-3-5-13-4-1-2-7-17(13)14;1-9(2,3)13-8(12)11-7-4-5-10-6-7/h4-10,13-14,17,22H,11-12,15-16,18H2,1-3H3,(H,28,31);1-7,10-12H,8-9H2;7,10H,4-6H2,1-3H3,(H,11,12)/t22-;;7-/m1.1/s1. The number of amides is 2. The number of alkyl carbamates (subject to hydrolysis) is 2. The van der Waals surface area contributed by atoms with Crippen molar-refractivity contribution in [1.29, 1.82) is 0 Å². The van der Waals surface area contributed by atoms with E-state index in [1.165, 1.54) is 28.5 Å². The van der Waals surface area contributed by atoms with Crippen molar-refractivity contribution in [3.05, 3.63) is 170 Å². The molecule has 0 radical (unpaired) electrons. The highest BCUT2D eigenvalue weighted by atomic mass is 19.1. The number of hydrogen-bond acceptors (Lipinski definition) is 10. The molecule has 2 atom stereocenters. The molecule has 0 aromatic heterocycles. The molecule has 0 spiro atoms. The monoisotopic (exact) mass is 942 g/mol. The van der Waals surface area contributed by atoms with Gasteiger partial charge in [-0.25, -0.2) is 14.0 Å². The Morgan fingerprint density at radius 3 is 1.62 bits per heavy atom. The lowest BCUT2D eigenvalue weighted by Gasteiger charge is -2.22. The first-order valence-electron chi connectivity index (χ1n) is 23.4. The van der Waals surface area contributed by atoms with Crippen molar-refractivity contribution in [2.45, 2.75) is 103 Å². The second-order valence-electron chi connectivity index (χ2n) is 19.3. The molecule has 69 heavy (non-hydrogen) atoms. The van der Waals surface area contributed by atoms with Crippen molar-refractivity contribution in [2.75, 3.05) is 31.1 Å². The molecule has 2 fully saturated rings. The predicted molar refractivity (Wildman–Crippen MR) is 269 cm³/mol. The number of anilines is 1. The Balaban J connectivity index is 0.000000190. The van der Waals surface area contributed by atoms with Crippen LogP contribution in [0, 0.1) is 26.0 Å². The van der Waals surface area contributed by atoms with E-state index in [2.05, 4.69) is 45.1 Å². The van der Waals surface area contributed by atoms with Gasteiger partial charge in [0.05, 0.1) is 15.9 Å². The number of rotatable bonds is 11. The molecule has 0 aliphatic carbocycles. The summed E-state index contributed by atoms with van der Waals surface area (Å²) in [6.07, 6.45) is 3.40.